The normalized spacial score (nSPS) is 18.7. The van der Waals surface area contributed by atoms with Gasteiger partial charge in [0, 0.05) is 50.4 Å². The third kappa shape index (κ3) is 3.65. The second kappa shape index (κ2) is 7.45. The molecule has 0 radical (unpaired) electrons. The van der Waals surface area contributed by atoms with Crippen LogP contribution >= 0.6 is 0 Å². The molecule has 0 bridgehead atoms. The van der Waals surface area contributed by atoms with Crippen LogP contribution < -0.4 is 5.32 Å². The monoisotopic (exact) mass is 347 g/mol. The lowest BCUT2D eigenvalue weighted by Gasteiger charge is -2.30. The topological polar surface area (TPSA) is 70.5 Å². The second-order valence-electron chi connectivity index (χ2n) is 7.18. The number of rotatable bonds is 3. The van der Waals surface area contributed by atoms with E-state index in [0.29, 0.717) is 18.8 Å². The summed E-state index contributed by atoms with van der Waals surface area (Å²) in [7, 11) is 1.89. The van der Waals surface area contributed by atoms with Gasteiger partial charge >= 0.3 is 6.03 Å². The van der Waals surface area contributed by atoms with Crippen molar-refractivity contribution in [1.82, 2.24) is 24.9 Å². The highest BCUT2D eigenvalue weighted by Gasteiger charge is 2.31. The molecule has 3 heterocycles. The average molecular weight is 347 g/mol. The summed E-state index contributed by atoms with van der Waals surface area (Å²) in [5.74, 6) is 0.0146. The number of likely N-dealkylation sites (tertiary alicyclic amines) is 1. The molecule has 0 aliphatic carbocycles. The van der Waals surface area contributed by atoms with Gasteiger partial charge in [0.25, 0.3) is 5.91 Å². The van der Waals surface area contributed by atoms with Gasteiger partial charge in [0.2, 0.25) is 0 Å². The third-order valence-electron chi connectivity index (χ3n) is 5.36. The number of amides is 3. The molecule has 1 N–H and O–H groups in total. The van der Waals surface area contributed by atoms with E-state index in [1.807, 2.05) is 23.6 Å². The Balaban J connectivity index is 1.78. The number of hydrogen-bond acceptors (Lipinski definition) is 3. The van der Waals surface area contributed by atoms with Crippen molar-refractivity contribution >= 4 is 11.9 Å². The Hall–Kier alpha value is -2.05. The molecule has 0 aromatic carbocycles. The third-order valence-corrected chi connectivity index (χ3v) is 5.36. The average Bonchev–Trinajstić information content (AvgIpc) is 2.97. The van der Waals surface area contributed by atoms with Crippen LogP contribution in [0.4, 0.5) is 4.79 Å². The molecule has 1 aromatic rings. The summed E-state index contributed by atoms with van der Waals surface area (Å²) in [4.78, 5) is 29.1. The minimum atomic E-state index is -0.0553. The molecule has 0 saturated carbocycles. The molecule has 0 spiro atoms. The molecule has 3 amide bonds. The maximum absolute atomic E-state index is 12.9. The van der Waals surface area contributed by atoms with Gasteiger partial charge in [-0.3, -0.25) is 9.48 Å². The van der Waals surface area contributed by atoms with Crippen molar-refractivity contribution in [1.29, 1.82) is 0 Å². The number of aromatic nitrogens is 2. The van der Waals surface area contributed by atoms with Crippen LogP contribution in [0.5, 0.6) is 0 Å². The molecule has 7 heteroatoms. The second-order valence-corrected chi connectivity index (χ2v) is 7.18. The van der Waals surface area contributed by atoms with Crippen LogP contribution in [0.25, 0.3) is 0 Å². The molecule has 1 atom stereocenters. The standard InChI is InChI=1S/C18H29N5O2/c1-4-13(2)19-18(25)23-11-8-15-14(12-23)16(20-21(15)3)17(24)22-9-6-5-7-10-22/h13H,4-12H2,1-3H3,(H,19,25). The Bertz CT molecular complexity index is 648. The van der Waals surface area contributed by atoms with Crippen molar-refractivity contribution in [3.8, 4) is 0 Å². The summed E-state index contributed by atoms with van der Waals surface area (Å²) in [6, 6.07) is 0.0949. The van der Waals surface area contributed by atoms with Gasteiger partial charge in [0.05, 0.1) is 6.54 Å². The summed E-state index contributed by atoms with van der Waals surface area (Å²) in [6.07, 6.45) is 4.94. The van der Waals surface area contributed by atoms with E-state index in [9.17, 15) is 9.59 Å². The molecule has 7 nitrogen and oxygen atoms in total. The summed E-state index contributed by atoms with van der Waals surface area (Å²) in [6.45, 7) is 6.79. The predicted octanol–water partition coefficient (Wildman–Crippen LogP) is 1.91. The molecule has 3 rings (SSSR count). The van der Waals surface area contributed by atoms with E-state index in [4.69, 9.17) is 0 Å². The molecular weight excluding hydrogens is 318 g/mol. The molecule has 2 aliphatic rings. The van der Waals surface area contributed by atoms with Crippen LogP contribution in [0.2, 0.25) is 0 Å². The summed E-state index contributed by atoms with van der Waals surface area (Å²) in [5.41, 5.74) is 2.53. The van der Waals surface area contributed by atoms with Gasteiger partial charge in [-0.1, -0.05) is 6.92 Å². The van der Waals surface area contributed by atoms with Crippen LogP contribution in [0.3, 0.4) is 0 Å². The van der Waals surface area contributed by atoms with E-state index in [0.717, 1.165) is 50.0 Å². The van der Waals surface area contributed by atoms with E-state index in [-0.39, 0.29) is 18.0 Å². The SMILES string of the molecule is CCC(C)NC(=O)N1CCc2c(c(C(=O)N3CCCCC3)nn2C)C1. The largest absolute Gasteiger partial charge is 0.337 e. The lowest BCUT2D eigenvalue weighted by atomic mass is 10.0. The zero-order valence-corrected chi connectivity index (χ0v) is 15.5. The number of piperidine rings is 1. The number of fused-ring (bicyclic) bond motifs is 1. The van der Waals surface area contributed by atoms with Crippen molar-refractivity contribution in [3.05, 3.63) is 17.0 Å². The smallest absolute Gasteiger partial charge is 0.317 e. The zero-order chi connectivity index (χ0) is 18.0. The van der Waals surface area contributed by atoms with E-state index < -0.39 is 0 Å². The first-order valence-electron chi connectivity index (χ1n) is 9.40. The predicted molar refractivity (Wildman–Crippen MR) is 95.4 cm³/mol. The van der Waals surface area contributed by atoms with Crippen LogP contribution in [-0.2, 0) is 20.0 Å². The van der Waals surface area contributed by atoms with Gasteiger partial charge in [-0.2, -0.15) is 5.10 Å². The van der Waals surface area contributed by atoms with Gasteiger partial charge in [0.15, 0.2) is 5.69 Å². The lowest BCUT2D eigenvalue weighted by molar-refractivity contribution is 0.0715. The fourth-order valence-corrected chi connectivity index (χ4v) is 3.59. The minimum Gasteiger partial charge on any atom is -0.337 e. The van der Waals surface area contributed by atoms with E-state index in [2.05, 4.69) is 17.3 Å². The van der Waals surface area contributed by atoms with Crippen LogP contribution in [0.15, 0.2) is 0 Å². The number of carbonyl (C=O) groups is 2. The van der Waals surface area contributed by atoms with Crippen molar-refractivity contribution in [2.75, 3.05) is 19.6 Å². The minimum absolute atomic E-state index is 0.0146. The molecule has 1 aromatic heterocycles. The first-order chi connectivity index (χ1) is 12.0. The highest BCUT2D eigenvalue weighted by atomic mass is 16.2. The van der Waals surface area contributed by atoms with Crippen LogP contribution in [-0.4, -0.2) is 57.2 Å². The fraction of sp³-hybridized carbons (Fsp3) is 0.722. The van der Waals surface area contributed by atoms with Gasteiger partial charge in [-0.05, 0) is 32.6 Å². The number of carbonyl (C=O) groups excluding carboxylic acids is 2. The Morgan fingerprint density at radius 2 is 1.88 bits per heavy atom. The van der Waals surface area contributed by atoms with Crippen molar-refractivity contribution in [3.63, 3.8) is 0 Å². The molecular formula is C18H29N5O2. The first-order valence-corrected chi connectivity index (χ1v) is 9.40. The Morgan fingerprint density at radius 3 is 2.56 bits per heavy atom. The number of hydrogen-bond donors (Lipinski definition) is 1. The van der Waals surface area contributed by atoms with E-state index in [1.54, 1.807) is 4.90 Å². The molecule has 1 unspecified atom stereocenters. The summed E-state index contributed by atoms with van der Waals surface area (Å²) < 4.78 is 1.82. The van der Waals surface area contributed by atoms with Crippen molar-refractivity contribution < 1.29 is 9.59 Å². The lowest BCUT2D eigenvalue weighted by Crippen LogP contribution is -2.46. The Labute approximate surface area is 149 Å². The van der Waals surface area contributed by atoms with E-state index in [1.165, 1.54) is 6.42 Å². The highest BCUT2D eigenvalue weighted by Crippen LogP contribution is 2.24. The highest BCUT2D eigenvalue weighted by molar-refractivity contribution is 5.94. The van der Waals surface area contributed by atoms with Gasteiger partial charge in [-0.15, -0.1) is 0 Å². The Morgan fingerprint density at radius 1 is 1.16 bits per heavy atom. The van der Waals surface area contributed by atoms with E-state index >= 15 is 0 Å². The number of nitrogens with zero attached hydrogens (tertiary/aromatic N) is 4. The van der Waals surface area contributed by atoms with Gasteiger partial charge in [0.1, 0.15) is 0 Å². The number of aryl methyl sites for hydroxylation is 1. The molecule has 138 valence electrons. The maximum Gasteiger partial charge on any atom is 0.317 e. The first kappa shape index (κ1) is 17.8. The van der Waals surface area contributed by atoms with Crippen molar-refractivity contribution in [2.24, 2.45) is 7.05 Å². The molecule has 2 aliphatic heterocycles. The molecule has 1 saturated heterocycles. The molecule has 1 fully saturated rings. The van der Waals surface area contributed by atoms with Crippen molar-refractivity contribution in [2.45, 2.75) is 58.5 Å². The fourth-order valence-electron chi connectivity index (χ4n) is 3.59. The quantitative estimate of drug-likeness (QED) is 0.908. The van der Waals surface area contributed by atoms with Gasteiger partial charge in [-0.25, -0.2) is 4.79 Å². The van der Waals surface area contributed by atoms with Crippen LogP contribution in [0.1, 0.15) is 61.3 Å². The van der Waals surface area contributed by atoms with Crippen LogP contribution in [0, 0.1) is 0 Å². The van der Waals surface area contributed by atoms with Gasteiger partial charge < -0.3 is 15.1 Å². The Kier molecular flexibility index (Phi) is 5.30. The zero-order valence-electron chi connectivity index (χ0n) is 15.5. The summed E-state index contributed by atoms with van der Waals surface area (Å²) in [5, 5.41) is 7.52. The molecule has 25 heavy (non-hydrogen) atoms. The number of urea groups is 1. The number of nitrogens with one attached hydrogen (secondary N) is 1. The summed E-state index contributed by atoms with van der Waals surface area (Å²) >= 11 is 0. The maximum atomic E-state index is 12.9.